The summed E-state index contributed by atoms with van der Waals surface area (Å²) in [5.41, 5.74) is 2.13. The molecule has 29 heavy (non-hydrogen) atoms. The quantitative estimate of drug-likeness (QED) is 0.530. The van der Waals surface area contributed by atoms with E-state index in [1.807, 2.05) is 0 Å². The number of carbonyl (C=O) groups is 1. The Morgan fingerprint density at radius 3 is 2.62 bits per heavy atom. The van der Waals surface area contributed by atoms with Crippen LogP contribution in [0.15, 0.2) is 77.3 Å². The molecule has 6 nitrogen and oxygen atoms in total. The highest BCUT2D eigenvalue weighted by atomic mass is 19.1. The van der Waals surface area contributed by atoms with Crippen molar-refractivity contribution >= 4 is 11.6 Å². The number of aromatic nitrogens is 2. The average Bonchev–Trinajstić information content (AvgIpc) is 3.24. The summed E-state index contributed by atoms with van der Waals surface area (Å²) in [5.74, 6) is 0.480. The highest BCUT2D eigenvalue weighted by Gasteiger charge is 2.14. The maximum Gasteiger partial charge on any atom is 0.258 e. The number of methoxy groups -OCH3 is 1. The zero-order valence-corrected chi connectivity index (χ0v) is 15.4. The first-order valence-electron chi connectivity index (χ1n) is 8.78. The number of hydrogen-bond acceptors (Lipinski definition) is 5. The van der Waals surface area contributed by atoms with Crippen molar-refractivity contribution in [2.75, 3.05) is 12.4 Å². The summed E-state index contributed by atoms with van der Waals surface area (Å²) in [5, 5.41) is 6.72. The zero-order chi connectivity index (χ0) is 20.2. The van der Waals surface area contributed by atoms with E-state index < -0.39 is 0 Å². The molecule has 0 fully saturated rings. The van der Waals surface area contributed by atoms with Gasteiger partial charge in [0.2, 0.25) is 5.82 Å². The van der Waals surface area contributed by atoms with Crippen LogP contribution in [0.3, 0.4) is 0 Å². The lowest BCUT2D eigenvalue weighted by Crippen LogP contribution is -2.11. The van der Waals surface area contributed by atoms with E-state index in [2.05, 4.69) is 15.5 Å². The molecule has 0 saturated heterocycles. The monoisotopic (exact) mass is 389 g/mol. The van der Waals surface area contributed by atoms with Gasteiger partial charge in [-0.05, 0) is 42.5 Å². The number of halogens is 1. The molecule has 0 saturated carbocycles. The molecule has 0 aliphatic carbocycles. The van der Waals surface area contributed by atoms with Crippen molar-refractivity contribution < 1.29 is 18.4 Å². The summed E-state index contributed by atoms with van der Waals surface area (Å²) < 4.78 is 23.9. The third-order valence-corrected chi connectivity index (χ3v) is 4.21. The van der Waals surface area contributed by atoms with Crippen LogP contribution in [0.25, 0.3) is 22.8 Å². The van der Waals surface area contributed by atoms with E-state index in [-0.39, 0.29) is 23.4 Å². The fourth-order valence-corrected chi connectivity index (χ4v) is 2.78. The van der Waals surface area contributed by atoms with Crippen LogP contribution in [0.4, 0.5) is 10.1 Å². The minimum Gasteiger partial charge on any atom is -0.497 e. The van der Waals surface area contributed by atoms with E-state index in [0.29, 0.717) is 28.1 Å². The number of amides is 1. The van der Waals surface area contributed by atoms with Gasteiger partial charge in [0, 0.05) is 28.4 Å². The lowest BCUT2D eigenvalue weighted by molar-refractivity contribution is 0.102. The Morgan fingerprint density at radius 2 is 1.79 bits per heavy atom. The highest BCUT2D eigenvalue weighted by Crippen LogP contribution is 2.24. The molecular weight excluding hydrogens is 373 g/mol. The molecule has 0 spiro atoms. The van der Waals surface area contributed by atoms with Gasteiger partial charge >= 0.3 is 0 Å². The van der Waals surface area contributed by atoms with Gasteiger partial charge in [-0.25, -0.2) is 4.39 Å². The first kappa shape index (κ1) is 18.4. The van der Waals surface area contributed by atoms with Gasteiger partial charge in [-0.3, -0.25) is 4.79 Å². The molecule has 1 aromatic heterocycles. The number of anilines is 1. The zero-order valence-electron chi connectivity index (χ0n) is 15.4. The normalized spacial score (nSPS) is 10.6. The molecule has 0 aliphatic rings. The van der Waals surface area contributed by atoms with Crippen LogP contribution in [0, 0.1) is 5.82 Å². The predicted octanol–water partition coefficient (Wildman–Crippen LogP) is 4.80. The highest BCUT2D eigenvalue weighted by molar-refractivity contribution is 6.04. The molecule has 1 amide bonds. The van der Waals surface area contributed by atoms with Gasteiger partial charge in [0.15, 0.2) is 0 Å². The molecule has 0 bridgehead atoms. The second-order valence-corrected chi connectivity index (χ2v) is 6.20. The molecular formula is C22H16FN3O3. The summed E-state index contributed by atoms with van der Waals surface area (Å²) in [6.07, 6.45) is 0. The predicted molar refractivity (Wildman–Crippen MR) is 106 cm³/mol. The average molecular weight is 389 g/mol. The molecule has 3 aromatic carbocycles. The van der Waals surface area contributed by atoms with Gasteiger partial charge in [-0.15, -0.1) is 0 Å². The SMILES string of the molecule is COc1cccc(NC(=O)c2cccc(-c3nc(-c4cccc(F)c4)no3)c2)c1. The van der Waals surface area contributed by atoms with E-state index in [4.69, 9.17) is 9.26 Å². The second kappa shape index (κ2) is 7.93. The van der Waals surface area contributed by atoms with Gasteiger partial charge in [-0.1, -0.05) is 29.4 Å². The minimum atomic E-state index is -0.384. The number of carbonyl (C=O) groups excluding carboxylic acids is 1. The Hall–Kier alpha value is -4.00. The molecule has 7 heteroatoms. The summed E-state index contributed by atoms with van der Waals surface area (Å²) in [7, 11) is 1.56. The maximum atomic E-state index is 13.4. The van der Waals surface area contributed by atoms with Crippen LogP contribution < -0.4 is 10.1 Å². The molecule has 1 N–H and O–H groups in total. The third-order valence-electron chi connectivity index (χ3n) is 4.21. The Balaban J connectivity index is 1.56. The first-order valence-corrected chi connectivity index (χ1v) is 8.78. The molecule has 4 aromatic rings. The molecule has 144 valence electrons. The molecule has 0 atom stereocenters. The van der Waals surface area contributed by atoms with Gasteiger partial charge in [0.1, 0.15) is 11.6 Å². The van der Waals surface area contributed by atoms with E-state index in [1.165, 1.54) is 12.1 Å². The minimum absolute atomic E-state index is 0.236. The van der Waals surface area contributed by atoms with Crippen molar-refractivity contribution in [1.29, 1.82) is 0 Å². The van der Waals surface area contributed by atoms with Crippen LogP contribution in [0.1, 0.15) is 10.4 Å². The van der Waals surface area contributed by atoms with E-state index in [0.717, 1.165) is 0 Å². The third kappa shape index (κ3) is 4.14. The van der Waals surface area contributed by atoms with Crippen molar-refractivity contribution in [3.8, 4) is 28.6 Å². The van der Waals surface area contributed by atoms with E-state index in [9.17, 15) is 9.18 Å². The number of nitrogens with zero attached hydrogens (tertiary/aromatic N) is 2. The fraction of sp³-hybridized carbons (Fsp3) is 0.0455. The van der Waals surface area contributed by atoms with Crippen LogP contribution in [-0.2, 0) is 0 Å². The fourth-order valence-electron chi connectivity index (χ4n) is 2.78. The molecule has 4 rings (SSSR count). The van der Waals surface area contributed by atoms with Crippen molar-refractivity contribution in [2.45, 2.75) is 0 Å². The second-order valence-electron chi connectivity index (χ2n) is 6.20. The van der Waals surface area contributed by atoms with Crippen molar-refractivity contribution in [3.05, 3.63) is 84.2 Å². The number of benzene rings is 3. The summed E-state index contributed by atoms with van der Waals surface area (Å²) in [4.78, 5) is 16.9. The Kier molecular flexibility index (Phi) is 5.03. The van der Waals surface area contributed by atoms with Crippen LogP contribution in [-0.4, -0.2) is 23.2 Å². The first-order chi connectivity index (χ1) is 14.1. The van der Waals surface area contributed by atoms with Crippen LogP contribution in [0.2, 0.25) is 0 Å². The Bertz CT molecular complexity index is 1170. The summed E-state index contributed by atoms with van der Waals surface area (Å²) in [6.45, 7) is 0. The Morgan fingerprint density at radius 1 is 1.00 bits per heavy atom. The van der Waals surface area contributed by atoms with E-state index in [1.54, 1.807) is 67.8 Å². The maximum absolute atomic E-state index is 13.4. The lowest BCUT2D eigenvalue weighted by Gasteiger charge is -2.07. The Labute approximate surface area is 166 Å². The summed E-state index contributed by atoms with van der Waals surface area (Å²) in [6, 6.07) is 19.8. The number of ether oxygens (including phenoxy) is 1. The molecule has 0 unspecified atom stereocenters. The molecule has 0 aliphatic heterocycles. The standard InChI is InChI=1S/C22H16FN3O3/c1-28-19-10-4-9-18(13-19)24-21(27)15-6-2-7-16(11-15)22-25-20(26-29-22)14-5-3-8-17(23)12-14/h2-13H,1H3,(H,24,27). The largest absolute Gasteiger partial charge is 0.497 e. The smallest absolute Gasteiger partial charge is 0.258 e. The topological polar surface area (TPSA) is 77.2 Å². The van der Waals surface area contributed by atoms with Gasteiger partial charge in [0.25, 0.3) is 11.8 Å². The number of rotatable bonds is 5. The lowest BCUT2D eigenvalue weighted by atomic mass is 10.1. The van der Waals surface area contributed by atoms with Gasteiger partial charge < -0.3 is 14.6 Å². The number of nitrogens with one attached hydrogen (secondary N) is 1. The van der Waals surface area contributed by atoms with Crippen LogP contribution >= 0.6 is 0 Å². The molecule has 1 heterocycles. The van der Waals surface area contributed by atoms with E-state index >= 15 is 0 Å². The molecule has 0 radical (unpaired) electrons. The summed E-state index contributed by atoms with van der Waals surface area (Å²) >= 11 is 0. The van der Waals surface area contributed by atoms with Crippen molar-refractivity contribution in [3.63, 3.8) is 0 Å². The number of hydrogen-bond donors (Lipinski definition) is 1. The van der Waals surface area contributed by atoms with Gasteiger partial charge in [0.05, 0.1) is 7.11 Å². The van der Waals surface area contributed by atoms with Crippen LogP contribution in [0.5, 0.6) is 5.75 Å². The van der Waals surface area contributed by atoms with Crippen molar-refractivity contribution in [1.82, 2.24) is 10.1 Å². The van der Waals surface area contributed by atoms with Gasteiger partial charge in [-0.2, -0.15) is 4.98 Å². The van der Waals surface area contributed by atoms with Crippen molar-refractivity contribution in [2.24, 2.45) is 0 Å².